The minimum Gasteiger partial charge on any atom is -0.338 e. The molecule has 1 aliphatic carbocycles. The van der Waals surface area contributed by atoms with E-state index in [1.165, 1.54) is 10.4 Å². The third-order valence-electron chi connectivity index (χ3n) is 4.42. The van der Waals surface area contributed by atoms with Crippen LogP contribution in [0.25, 0.3) is 0 Å². The molecule has 1 atom stereocenters. The Balaban J connectivity index is 1.83. The van der Waals surface area contributed by atoms with Crippen molar-refractivity contribution in [1.82, 2.24) is 10.2 Å². The fourth-order valence-electron chi connectivity index (χ4n) is 3.32. The number of nitrogens with zero attached hydrogens (tertiary/aromatic N) is 1. The molecule has 3 nitrogen and oxygen atoms in total. The number of nitrogens with one attached hydrogen (secondary N) is 1. The van der Waals surface area contributed by atoms with Crippen molar-refractivity contribution < 1.29 is 4.79 Å². The first-order chi connectivity index (χ1) is 9.81. The van der Waals surface area contributed by atoms with Gasteiger partial charge < -0.3 is 10.2 Å². The monoisotopic (exact) mass is 290 g/mol. The highest BCUT2D eigenvalue weighted by molar-refractivity contribution is 7.10. The summed E-state index contributed by atoms with van der Waals surface area (Å²) in [6, 6.07) is 2.43. The van der Waals surface area contributed by atoms with Gasteiger partial charge in [-0.15, -0.1) is 11.3 Å². The average Bonchev–Trinajstić information content (AvgIpc) is 2.69. The molecule has 4 heteroatoms. The highest BCUT2D eigenvalue weighted by atomic mass is 32.1. The van der Waals surface area contributed by atoms with Crippen molar-refractivity contribution in [1.29, 1.82) is 0 Å². The first-order valence-corrected chi connectivity index (χ1v) is 8.38. The van der Waals surface area contributed by atoms with E-state index in [0.29, 0.717) is 6.04 Å². The molecule has 1 amide bonds. The van der Waals surface area contributed by atoms with Crippen molar-refractivity contribution in [3.8, 4) is 0 Å². The molecule has 0 fully saturated rings. The van der Waals surface area contributed by atoms with Crippen molar-refractivity contribution >= 4 is 17.2 Å². The van der Waals surface area contributed by atoms with Crippen LogP contribution in [0, 0.1) is 0 Å². The normalized spacial score (nSPS) is 24.4. The molecule has 2 aliphatic rings. The Morgan fingerprint density at radius 3 is 2.75 bits per heavy atom. The maximum Gasteiger partial charge on any atom is 0.245 e. The molecule has 0 saturated carbocycles. The van der Waals surface area contributed by atoms with E-state index in [-0.39, 0.29) is 11.9 Å². The third-order valence-corrected chi connectivity index (χ3v) is 5.45. The van der Waals surface area contributed by atoms with Crippen LogP contribution in [-0.4, -0.2) is 30.4 Å². The van der Waals surface area contributed by atoms with Gasteiger partial charge in [-0.1, -0.05) is 12.2 Å². The van der Waals surface area contributed by atoms with E-state index >= 15 is 0 Å². The zero-order chi connectivity index (χ0) is 13.9. The van der Waals surface area contributed by atoms with Crippen molar-refractivity contribution in [2.24, 2.45) is 0 Å². The Bertz CT molecular complexity index is 498. The van der Waals surface area contributed by atoms with Crippen molar-refractivity contribution in [3.63, 3.8) is 0 Å². The van der Waals surface area contributed by atoms with Crippen molar-refractivity contribution in [2.75, 3.05) is 13.6 Å². The van der Waals surface area contributed by atoms with Gasteiger partial charge in [-0.2, -0.15) is 0 Å². The maximum atomic E-state index is 12.9. The lowest BCUT2D eigenvalue weighted by Gasteiger charge is -2.32. The lowest BCUT2D eigenvalue weighted by Crippen LogP contribution is -2.45. The topological polar surface area (TPSA) is 32.3 Å². The van der Waals surface area contributed by atoms with E-state index in [9.17, 15) is 4.79 Å². The second-order valence-electron chi connectivity index (χ2n) is 5.59. The number of allylic oxidation sites excluding steroid dienone is 2. The number of fused-ring (bicyclic) bond motifs is 1. The fourth-order valence-corrected chi connectivity index (χ4v) is 4.38. The number of carbonyl (C=O) groups excluding carboxylic acids is 1. The number of amides is 1. The summed E-state index contributed by atoms with van der Waals surface area (Å²) in [6.07, 6.45) is 9.91. The van der Waals surface area contributed by atoms with Gasteiger partial charge in [0.15, 0.2) is 0 Å². The van der Waals surface area contributed by atoms with E-state index in [4.69, 9.17) is 0 Å². The molecule has 1 N–H and O–H groups in total. The molecule has 0 spiro atoms. The Labute approximate surface area is 124 Å². The van der Waals surface area contributed by atoms with E-state index in [1.54, 1.807) is 11.3 Å². The molecule has 2 heterocycles. The Morgan fingerprint density at radius 2 is 2.05 bits per heavy atom. The summed E-state index contributed by atoms with van der Waals surface area (Å²) in [6.45, 7) is 0.866. The maximum absolute atomic E-state index is 12.9. The predicted molar refractivity (Wildman–Crippen MR) is 82.9 cm³/mol. The number of thiophene rings is 1. The summed E-state index contributed by atoms with van der Waals surface area (Å²) in [7, 11) is 1.89. The summed E-state index contributed by atoms with van der Waals surface area (Å²) in [4.78, 5) is 16.3. The van der Waals surface area contributed by atoms with Gasteiger partial charge >= 0.3 is 0 Å². The van der Waals surface area contributed by atoms with E-state index in [0.717, 1.165) is 38.6 Å². The molecule has 108 valence electrons. The Kier molecular flexibility index (Phi) is 4.22. The van der Waals surface area contributed by atoms with Gasteiger partial charge in [-0.05, 0) is 56.2 Å². The van der Waals surface area contributed by atoms with Crippen LogP contribution in [0.5, 0.6) is 0 Å². The highest BCUT2D eigenvalue weighted by Crippen LogP contribution is 2.31. The number of carbonyl (C=O) groups is 1. The van der Waals surface area contributed by atoms with Crippen molar-refractivity contribution in [3.05, 3.63) is 34.0 Å². The van der Waals surface area contributed by atoms with E-state index in [2.05, 4.69) is 33.8 Å². The van der Waals surface area contributed by atoms with Crippen LogP contribution in [-0.2, 0) is 11.2 Å². The number of hydrogen-bond donors (Lipinski definition) is 1. The van der Waals surface area contributed by atoms with Gasteiger partial charge in [0, 0.05) is 17.5 Å². The molecular formula is C16H22N2OS. The van der Waals surface area contributed by atoms with Crippen LogP contribution in [0.3, 0.4) is 0 Å². The summed E-state index contributed by atoms with van der Waals surface area (Å²) in [5.41, 5.74) is 1.34. The van der Waals surface area contributed by atoms with Crippen LogP contribution < -0.4 is 5.32 Å². The van der Waals surface area contributed by atoms with Crippen LogP contribution in [0.4, 0.5) is 0 Å². The fraction of sp³-hybridized carbons (Fsp3) is 0.562. The molecule has 1 unspecified atom stereocenters. The largest absolute Gasteiger partial charge is 0.338 e. The van der Waals surface area contributed by atoms with Gasteiger partial charge in [0.05, 0.1) is 0 Å². The van der Waals surface area contributed by atoms with Crippen LogP contribution in [0.1, 0.15) is 42.2 Å². The molecule has 1 aromatic rings. The molecule has 0 aromatic carbocycles. The minimum absolute atomic E-state index is 0.149. The summed E-state index contributed by atoms with van der Waals surface area (Å²) < 4.78 is 0. The number of rotatable bonds is 2. The van der Waals surface area contributed by atoms with Gasteiger partial charge in [0.25, 0.3) is 0 Å². The van der Waals surface area contributed by atoms with Gasteiger partial charge in [0.1, 0.15) is 6.04 Å². The first kappa shape index (κ1) is 13.8. The summed E-state index contributed by atoms with van der Waals surface area (Å²) in [5, 5.41) is 5.33. The quantitative estimate of drug-likeness (QED) is 0.849. The van der Waals surface area contributed by atoms with Gasteiger partial charge in [0.2, 0.25) is 5.91 Å². The molecular weight excluding hydrogens is 268 g/mol. The molecule has 20 heavy (non-hydrogen) atoms. The van der Waals surface area contributed by atoms with Crippen LogP contribution in [0.15, 0.2) is 23.6 Å². The molecule has 1 aliphatic heterocycles. The van der Waals surface area contributed by atoms with Crippen LogP contribution in [0.2, 0.25) is 0 Å². The average molecular weight is 290 g/mol. The van der Waals surface area contributed by atoms with Gasteiger partial charge in [-0.3, -0.25) is 4.79 Å². The van der Waals surface area contributed by atoms with E-state index in [1.807, 2.05) is 7.05 Å². The van der Waals surface area contributed by atoms with E-state index < -0.39 is 0 Å². The lowest BCUT2D eigenvalue weighted by molar-refractivity contribution is -0.135. The Morgan fingerprint density at radius 1 is 1.30 bits per heavy atom. The van der Waals surface area contributed by atoms with Gasteiger partial charge in [-0.25, -0.2) is 0 Å². The predicted octanol–water partition coefficient (Wildman–Crippen LogP) is 2.89. The number of likely N-dealkylation sites (N-methyl/N-ethyl adjacent to an activating group) is 1. The van der Waals surface area contributed by atoms with Crippen molar-refractivity contribution in [2.45, 2.75) is 44.2 Å². The second kappa shape index (κ2) is 6.10. The summed E-state index contributed by atoms with van der Waals surface area (Å²) >= 11 is 1.71. The molecule has 1 aromatic heterocycles. The number of hydrogen-bond acceptors (Lipinski definition) is 3. The Hall–Kier alpha value is -1.13. The molecule has 3 rings (SSSR count). The van der Waals surface area contributed by atoms with Crippen LogP contribution >= 0.6 is 11.3 Å². The smallest absolute Gasteiger partial charge is 0.245 e. The second-order valence-corrected chi connectivity index (χ2v) is 6.54. The standard InChI is InChI=1S/C16H22N2OS/c1-17-14-15-12(9-11-20-15)8-10-18(16(14)19)13-6-4-2-3-5-7-13/h2-3,9,11,13-14,17H,4-8,10H2,1H3. The molecule has 0 bridgehead atoms. The lowest BCUT2D eigenvalue weighted by atomic mass is 10.1. The highest BCUT2D eigenvalue weighted by Gasteiger charge is 2.34. The summed E-state index contributed by atoms with van der Waals surface area (Å²) in [5.74, 6) is 0.264. The first-order valence-electron chi connectivity index (χ1n) is 7.50. The zero-order valence-corrected chi connectivity index (χ0v) is 12.8. The SMILES string of the molecule is CNC1C(=O)N(C2CCC=CCC2)CCc2ccsc21. The third kappa shape index (κ3) is 2.54. The minimum atomic E-state index is -0.149. The molecule has 0 radical (unpaired) electrons. The zero-order valence-electron chi connectivity index (χ0n) is 12.0. The molecule has 0 saturated heterocycles.